The predicted octanol–water partition coefficient (Wildman–Crippen LogP) is 3.86. The highest BCUT2D eigenvalue weighted by Crippen LogP contribution is 2.33. The van der Waals surface area contributed by atoms with Gasteiger partial charge in [-0.1, -0.05) is 23.2 Å². The second-order valence-corrected chi connectivity index (χ2v) is 8.27. The molecule has 2 heterocycles. The predicted molar refractivity (Wildman–Crippen MR) is 88.9 cm³/mol. The molecular formula is C15H11Cl2F3N2O3S. The van der Waals surface area contributed by atoms with Gasteiger partial charge in [0.1, 0.15) is 11.0 Å². The summed E-state index contributed by atoms with van der Waals surface area (Å²) in [7, 11) is -3.88. The van der Waals surface area contributed by atoms with E-state index in [1.54, 1.807) is 0 Å². The summed E-state index contributed by atoms with van der Waals surface area (Å²) in [5, 5.41) is 0.243. The molecule has 0 unspecified atom stereocenters. The molecule has 2 aromatic rings. The number of alkyl halides is 3. The standard InChI is InChI=1S/C15H11Cl2F3N2O3S/c16-10-1-2-12(17)13(6-10)26(23,24)22-7-11(8-22)25-14-5-9(3-4-21-14)15(18,19)20/h1-6,11H,7-8H2. The smallest absolute Gasteiger partial charge is 0.416 e. The molecule has 0 radical (unpaired) electrons. The number of benzene rings is 1. The van der Waals surface area contributed by atoms with E-state index in [0.29, 0.717) is 0 Å². The van der Waals surface area contributed by atoms with Gasteiger partial charge in [0.05, 0.1) is 23.7 Å². The highest BCUT2D eigenvalue weighted by Gasteiger charge is 2.39. The molecular weight excluding hydrogens is 416 g/mol. The van der Waals surface area contributed by atoms with Crippen LogP contribution in [0.5, 0.6) is 5.88 Å². The SMILES string of the molecule is O=S(=O)(c1cc(Cl)ccc1Cl)N1CC(Oc2cc(C(F)(F)F)ccn2)C1. The van der Waals surface area contributed by atoms with E-state index < -0.39 is 27.9 Å². The topological polar surface area (TPSA) is 59.5 Å². The van der Waals surface area contributed by atoms with Crippen LogP contribution in [-0.2, 0) is 16.2 Å². The third-order valence-electron chi connectivity index (χ3n) is 3.68. The molecule has 140 valence electrons. The van der Waals surface area contributed by atoms with Gasteiger partial charge in [0.15, 0.2) is 0 Å². The number of hydrogen-bond donors (Lipinski definition) is 0. The highest BCUT2D eigenvalue weighted by molar-refractivity contribution is 7.89. The summed E-state index contributed by atoms with van der Waals surface area (Å²) in [6, 6.07) is 5.67. The largest absolute Gasteiger partial charge is 0.472 e. The molecule has 5 nitrogen and oxygen atoms in total. The third-order valence-corrected chi connectivity index (χ3v) is 6.22. The maximum atomic E-state index is 12.7. The van der Waals surface area contributed by atoms with Crippen molar-refractivity contribution in [3.05, 3.63) is 52.1 Å². The third kappa shape index (κ3) is 3.90. The van der Waals surface area contributed by atoms with Crippen LogP contribution in [0.1, 0.15) is 5.56 Å². The number of halogens is 5. The Hall–Kier alpha value is -1.55. The Morgan fingerprint density at radius 2 is 1.85 bits per heavy atom. The molecule has 1 saturated heterocycles. The maximum Gasteiger partial charge on any atom is 0.416 e. The fourth-order valence-electron chi connectivity index (χ4n) is 2.31. The van der Waals surface area contributed by atoms with Crippen LogP contribution in [0.15, 0.2) is 41.4 Å². The Labute approximate surface area is 157 Å². The number of hydrogen-bond acceptors (Lipinski definition) is 4. The van der Waals surface area contributed by atoms with Crippen LogP contribution in [0.3, 0.4) is 0 Å². The molecule has 0 aliphatic carbocycles. The zero-order chi connectivity index (χ0) is 19.1. The normalized spacial score (nSPS) is 16.3. The quantitative estimate of drug-likeness (QED) is 0.744. The van der Waals surface area contributed by atoms with Gasteiger partial charge in [-0.3, -0.25) is 0 Å². The Morgan fingerprint density at radius 3 is 2.50 bits per heavy atom. The molecule has 1 aromatic heterocycles. The molecule has 0 N–H and O–H groups in total. The molecule has 0 atom stereocenters. The summed E-state index contributed by atoms with van der Waals surface area (Å²) < 4.78 is 69.5. The molecule has 0 bridgehead atoms. The zero-order valence-corrected chi connectivity index (χ0v) is 15.2. The van der Waals surface area contributed by atoms with Crippen LogP contribution in [0, 0.1) is 0 Å². The molecule has 11 heteroatoms. The van der Waals surface area contributed by atoms with Gasteiger partial charge in [0.2, 0.25) is 15.9 Å². The van der Waals surface area contributed by atoms with Crippen LogP contribution >= 0.6 is 23.2 Å². The minimum atomic E-state index is -4.51. The van der Waals surface area contributed by atoms with E-state index in [1.165, 1.54) is 18.2 Å². The molecule has 3 rings (SSSR count). The number of rotatable bonds is 4. The molecule has 1 aromatic carbocycles. The van der Waals surface area contributed by atoms with E-state index in [4.69, 9.17) is 27.9 Å². The average molecular weight is 427 g/mol. The Kier molecular flexibility index (Phi) is 5.08. The summed E-state index contributed by atoms with van der Waals surface area (Å²) in [4.78, 5) is 3.58. The zero-order valence-electron chi connectivity index (χ0n) is 12.9. The first kappa shape index (κ1) is 19.2. The summed E-state index contributed by atoms with van der Waals surface area (Å²) >= 11 is 11.7. The lowest BCUT2D eigenvalue weighted by Crippen LogP contribution is -2.56. The monoisotopic (exact) mass is 426 g/mol. The molecule has 1 aliphatic heterocycles. The van der Waals surface area contributed by atoms with Gasteiger partial charge >= 0.3 is 6.18 Å². The van der Waals surface area contributed by atoms with Crippen LogP contribution in [0.2, 0.25) is 10.0 Å². The van der Waals surface area contributed by atoms with Crippen LogP contribution in [-0.4, -0.2) is 36.9 Å². The van der Waals surface area contributed by atoms with Crippen molar-refractivity contribution >= 4 is 33.2 Å². The lowest BCUT2D eigenvalue weighted by Gasteiger charge is -2.37. The molecule has 26 heavy (non-hydrogen) atoms. The minimum absolute atomic E-state index is 0.0262. The van der Waals surface area contributed by atoms with Crippen molar-refractivity contribution in [2.75, 3.05) is 13.1 Å². The van der Waals surface area contributed by atoms with Crippen LogP contribution in [0.25, 0.3) is 0 Å². The number of nitrogens with zero attached hydrogens (tertiary/aromatic N) is 2. The fourth-order valence-corrected chi connectivity index (χ4v) is 4.55. The van der Waals surface area contributed by atoms with Crippen molar-refractivity contribution in [2.24, 2.45) is 0 Å². The van der Waals surface area contributed by atoms with Gasteiger partial charge in [-0.25, -0.2) is 13.4 Å². The summed E-state index contributed by atoms with van der Waals surface area (Å²) in [6.45, 7) is -0.0772. The van der Waals surface area contributed by atoms with Gasteiger partial charge in [0, 0.05) is 17.3 Å². The van der Waals surface area contributed by atoms with Crippen molar-refractivity contribution < 1.29 is 26.3 Å². The van der Waals surface area contributed by atoms with E-state index in [-0.39, 0.29) is 33.9 Å². The lowest BCUT2D eigenvalue weighted by molar-refractivity contribution is -0.137. The first-order chi connectivity index (χ1) is 12.1. The van der Waals surface area contributed by atoms with Gasteiger partial charge in [0.25, 0.3) is 0 Å². The van der Waals surface area contributed by atoms with Crippen molar-refractivity contribution in [1.29, 1.82) is 0 Å². The van der Waals surface area contributed by atoms with Crippen molar-refractivity contribution in [2.45, 2.75) is 17.2 Å². The number of sulfonamides is 1. The van der Waals surface area contributed by atoms with E-state index in [9.17, 15) is 21.6 Å². The number of pyridine rings is 1. The average Bonchev–Trinajstić information content (AvgIpc) is 2.52. The minimum Gasteiger partial charge on any atom is -0.472 e. The fraction of sp³-hybridized carbons (Fsp3) is 0.267. The Morgan fingerprint density at radius 1 is 1.15 bits per heavy atom. The van der Waals surface area contributed by atoms with Crippen LogP contribution in [0.4, 0.5) is 13.2 Å². The Bertz CT molecular complexity index is 932. The maximum absolute atomic E-state index is 12.7. The number of ether oxygens (including phenoxy) is 1. The van der Waals surface area contributed by atoms with E-state index in [0.717, 1.165) is 22.6 Å². The molecule has 1 aliphatic rings. The van der Waals surface area contributed by atoms with E-state index in [2.05, 4.69) is 4.98 Å². The van der Waals surface area contributed by atoms with Gasteiger partial charge < -0.3 is 4.74 Å². The Balaban J connectivity index is 1.68. The summed E-state index contributed by atoms with van der Waals surface area (Å²) in [5.74, 6) is -0.220. The highest BCUT2D eigenvalue weighted by atomic mass is 35.5. The van der Waals surface area contributed by atoms with Gasteiger partial charge in [-0.05, 0) is 24.3 Å². The van der Waals surface area contributed by atoms with Crippen molar-refractivity contribution in [3.63, 3.8) is 0 Å². The van der Waals surface area contributed by atoms with Gasteiger partial charge in [-0.2, -0.15) is 17.5 Å². The molecule has 0 saturated carbocycles. The molecule has 1 fully saturated rings. The summed E-state index contributed by atoms with van der Waals surface area (Å²) in [6.07, 6.45) is -4.14. The van der Waals surface area contributed by atoms with Gasteiger partial charge in [-0.15, -0.1) is 0 Å². The molecule has 0 amide bonds. The van der Waals surface area contributed by atoms with E-state index >= 15 is 0 Å². The van der Waals surface area contributed by atoms with Crippen molar-refractivity contribution in [1.82, 2.24) is 9.29 Å². The first-order valence-electron chi connectivity index (χ1n) is 7.22. The molecule has 0 spiro atoms. The second-order valence-electron chi connectivity index (χ2n) is 5.52. The second kappa shape index (κ2) is 6.88. The lowest BCUT2D eigenvalue weighted by atomic mass is 10.2. The van der Waals surface area contributed by atoms with Crippen molar-refractivity contribution in [3.8, 4) is 5.88 Å². The first-order valence-corrected chi connectivity index (χ1v) is 9.42. The van der Waals surface area contributed by atoms with E-state index in [1.807, 2.05) is 0 Å². The summed E-state index contributed by atoms with van der Waals surface area (Å²) in [5.41, 5.74) is -0.892. The number of aromatic nitrogens is 1. The van der Waals surface area contributed by atoms with Crippen LogP contribution < -0.4 is 4.74 Å².